The topological polar surface area (TPSA) is 36.4 Å². The number of aryl methyl sites for hydroxylation is 4. The molecule has 0 saturated carbocycles. The number of benzene rings is 2. The van der Waals surface area contributed by atoms with Gasteiger partial charge in [0.05, 0.1) is 0 Å². The fourth-order valence-electron chi connectivity index (χ4n) is 6.65. The molecule has 0 heterocycles. The Morgan fingerprint density at radius 3 is 1.53 bits per heavy atom. The first-order valence-corrected chi connectivity index (χ1v) is 23.1. The van der Waals surface area contributed by atoms with E-state index >= 15 is 0 Å². The van der Waals surface area contributed by atoms with E-state index in [2.05, 4.69) is 114 Å². The molecule has 53 heavy (non-hydrogen) atoms. The molecule has 0 atom stereocenters. The van der Waals surface area contributed by atoms with Crippen LogP contribution >= 0.6 is 0 Å². The predicted octanol–water partition coefficient (Wildman–Crippen LogP) is 15.8. The van der Waals surface area contributed by atoms with Crippen molar-refractivity contribution in [2.75, 3.05) is 0 Å². The fraction of sp³-hybridized carbons (Fsp3) is 0.640. The zero-order chi connectivity index (χ0) is 38.9. The number of unbranched alkanes of at least 4 members (excludes halogenated alkanes) is 14. The molecular formula is C50H78N2Ni. The molecule has 0 amide bonds. The van der Waals surface area contributed by atoms with Crippen LogP contribution in [0, 0.1) is 25.7 Å². The molecule has 0 unspecified atom stereocenters. The molecule has 0 spiro atoms. The van der Waals surface area contributed by atoms with Gasteiger partial charge in [-0.1, -0.05) is 158 Å². The Labute approximate surface area is 334 Å². The SMILES string of the molecule is CCCCCCCCC#CC(=C=[N+]=[N-])C(CC)=C(c1cc(C)cc(C)c1)c1cc(CCCCCC)cc(CCCCCC)c1.CCC[CH2][Ni][CH2]CCC. The maximum absolute atomic E-state index is 9.69. The number of allylic oxidation sites excluding steroid dienone is 2. The standard InChI is InChI=1S/C42H60N2.2C4H9.Ni/c1-7-11-14-17-18-19-20-23-26-38(33-44-43)41(10-4)42(39-28-34(5)27-35(6)29-39)40-31-36(24-21-15-12-8-2)30-37(32-40)25-22-16-13-9-3;2*1-3-4-2;/h27-32H,7-22,24-25H2,1-6H3;2*1,3-4H2,2H3;. The Balaban J connectivity index is 0.00000137. The molecule has 0 N–H and O–H groups in total. The quantitative estimate of drug-likeness (QED) is 0.0174. The van der Waals surface area contributed by atoms with Crippen molar-refractivity contribution in [3.8, 4) is 11.8 Å². The summed E-state index contributed by atoms with van der Waals surface area (Å²) in [6.45, 7) is 17.9. The van der Waals surface area contributed by atoms with E-state index in [-0.39, 0.29) is 0 Å². The fourth-order valence-corrected chi connectivity index (χ4v) is 8.09. The van der Waals surface area contributed by atoms with Gasteiger partial charge in [-0.05, 0) is 85.8 Å². The Bertz CT molecular complexity index is 1380. The molecule has 2 aromatic rings. The van der Waals surface area contributed by atoms with Crippen LogP contribution in [0.3, 0.4) is 0 Å². The van der Waals surface area contributed by atoms with E-state index in [1.807, 2.05) is 14.4 Å². The van der Waals surface area contributed by atoms with Crippen LogP contribution in [0.5, 0.6) is 0 Å². The number of rotatable bonds is 26. The summed E-state index contributed by atoms with van der Waals surface area (Å²) in [4.78, 5) is 3.39. The summed E-state index contributed by atoms with van der Waals surface area (Å²) >= 11 is 1.94. The van der Waals surface area contributed by atoms with E-state index in [1.54, 1.807) is 0 Å². The number of hydrogen-bond acceptors (Lipinski definition) is 0. The summed E-state index contributed by atoms with van der Waals surface area (Å²) in [6, 6.07) is 14.1. The molecule has 0 radical (unpaired) electrons. The van der Waals surface area contributed by atoms with E-state index < -0.39 is 0 Å². The third-order valence-electron chi connectivity index (χ3n) is 9.63. The van der Waals surface area contributed by atoms with Crippen molar-refractivity contribution >= 4 is 11.4 Å². The first kappa shape index (κ1) is 48.4. The van der Waals surface area contributed by atoms with Crippen LogP contribution in [0.2, 0.25) is 10.8 Å². The van der Waals surface area contributed by atoms with Gasteiger partial charge >= 0.3 is 70.6 Å². The van der Waals surface area contributed by atoms with Gasteiger partial charge in [0, 0.05) is 6.42 Å². The third-order valence-corrected chi connectivity index (χ3v) is 11.0. The predicted molar refractivity (Wildman–Crippen MR) is 232 cm³/mol. The van der Waals surface area contributed by atoms with E-state index in [1.165, 1.54) is 159 Å². The molecule has 2 rings (SSSR count). The van der Waals surface area contributed by atoms with Gasteiger partial charge in [0.15, 0.2) is 5.57 Å². The first-order valence-electron chi connectivity index (χ1n) is 21.7. The molecule has 2 aromatic carbocycles. The van der Waals surface area contributed by atoms with E-state index in [0.717, 1.165) is 37.7 Å². The van der Waals surface area contributed by atoms with Gasteiger partial charge in [-0.15, -0.1) is 4.79 Å². The summed E-state index contributed by atoms with van der Waals surface area (Å²) in [7, 11) is 0. The van der Waals surface area contributed by atoms with Gasteiger partial charge in [0.25, 0.3) is 0 Å². The summed E-state index contributed by atoms with van der Waals surface area (Å²) < 4.78 is 0. The molecule has 3 heteroatoms. The second kappa shape index (κ2) is 32.8. The van der Waals surface area contributed by atoms with Gasteiger partial charge in [-0.25, -0.2) is 0 Å². The molecule has 0 aliphatic rings. The number of hydrogen-bond donors (Lipinski definition) is 0. The second-order valence-electron chi connectivity index (χ2n) is 14.8. The van der Waals surface area contributed by atoms with E-state index in [0.29, 0.717) is 5.57 Å². The van der Waals surface area contributed by atoms with E-state index in [9.17, 15) is 5.53 Å². The Kier molecular flexibility index (Phi) is 30.0. The van der Waals surface area contributed by atoms with Gasteiger partial charge in [-0.3, -0.25) is 0 Å². The van der Waals surface area contributed by atoms with Crippen molar-refractivity contribution in [3.63, 3.8) is 0 Å². The van der Waals surface area contributed by atoms with Crippen molar-refractivity contribution in [2.45, 2.75) is 207 Å². The minimum absolute atomic E-state index is 0.702. The van der Waals surface area contributed by atoms with Crippen molar-refractivity contribution in [1.82, 2.24) is 0 Å². The average Bonchev–Trinajstić information content (AvgIpc) is 3.14. The Hall–Kier alpha value is -2.61. The van der Waals surface area contributed by atoms with Crippen LogP contribution < -0.4 is 0 Å². The maximum atomic E-state index is 9.69. The summed E-state index contributed by atoms with van der Waals surface area (Å²) in [5.74, 6) is 9.69. The van der Waals surface area contributed by atoms with Crippen LogP contribution in [0.1, 0.15) is 203 Å². The second-order valence-corrected chi connectivity index (χ2v) is 16.3. The van der Waals surface area contributed by atoms with Crippen LogP contribution in [-0.2, 0) is 27.3 Å². The van der Waals surface area contributed by atoms with Gasteiger partial charge in [-0.2, -0.15) is 0 Å². The van der Waals surface area contributed by atoms with Crippen LogP contribution in [-0.4, -0.2) is 10.7 Å². The molecule has 298 valence electrons. The number of nitrogens with zero attached hydrogens (tertiary/aromatic N) is 2. The van der Waals surface area contributed by atoms with Gasteiger partial charge in [0.1, 0.15) is 0 Å². The molecular weight excluding hydrogens is 687 g/mol. The molecule has 0 aliphatic carbocycles. The monoisotopic (exact) mass is 765 g/mol. The van der Waals surface area contributed by atoms with Gasteiger partial charge in [0.2, 0.25) is 0 Å². The normalized spacial score (nSPS) is 11.2. The Morgan fingerprint density at radius 2 is 1.04 bits per heavy atom. The van der Waals surface area contributed by atoms with Crippen molar-refractivity contribution in [1.29, 1.82) is 0 Å². The van der Waals surface area contributed by atoms with E-state index in [4.69, 9.17) is 0 Å². The van der Waals surface area contributed by atoms with Crippen molar-refractivity contribution < 1.29 is 19.2 Å². The molecule has 0 saturated heterocycles. The van der Waals surface area contributed by atoms with Crippen molar-refractivity contribution in [3.05, 3.63) is 86.5 Å². The molecule has 0 bridgehead atoms. The Morgan fingerprint density at radius 1 is 0.566 bits per heavy atom. The molecule has 0 fully saturated rings. The summed E-state index contributed by atoms with van der Waals surface area (Å²) in [5, 5.41) is 2.78. The van der Waals surface area contributed by atoms with Crippen LogP contribution in [0.25, 0.3) is 11.1 Å². The summed E-state index contributed by atoms with van der Waals surface area (Å²) in [5.41, 5.74) is 20.5. The van der Waals surface area contributed by atoms with Crippen LogP contribution in [0.4, 0.5) is 0 Å². The van der Waals surface area contributed by atoms with Crippen molar-refractivity contribution in [2.24, 2.45) is 0 Å². The minimum atomic E-state index is 0.702. The third kappa shape index (κ3) is 22.4. The first-order chi connectivity index (χ1) is 25.9. The zero-order valence-corrected chi connectivity index (χ0v) is 36.6. The summed E-state index contributed by atoms with van der Waals surface area (Å²) in [6.07, 6.45) is 27.0. The van der Waals surface area contributed by atoms with Gasteiger partial charge < -0.3 is 5.53 Å². The molecule has 0 aromatic heterocycles. The van der Waals surface area contributed by atoms with Crippen LogP contribution in [0.15, 0.2) is 47.5 Å². The average molecular weight is 766 g/mol. The zero-order valence-electron chi connectivity index (χ0n) is 35.6. The molecule has 0 aliphatic heterocycles. The molecule has 2 nitrogen and oxygen atoms in total.